The van der Waals surface area contributed by atoms with Crippen LogP contribution in [-0.2, 0) is 14.3 Å². The summed E-state index contributed by atoms with van der Waals surface area (Å²) >= 11 is 0. The molecule has 0 spiro atoms. The Morgan fingerprint density at radius 2 is 2.00 bits per heavy atom. The quantitative estimate of drug-likeness (QED) is 0.482. The van der Waals surface area contributed by atoms with Gasteiger partial charge in [-0.3, -0.25) is 4.79 Å². The zero-order valence-corrected chi connectivity index (χ0v) is 12.8. The van der Waals surface area contributed by atoms with Crippen LogP contribution < -0.4 is 0 Å². The van der Waals surface area contributed by atoms with Gasteiger partial charge in [-0.05, 0) is 25.7 Å². The Labute approximate surface area is 122 Å². The molecule has 4 nitrogen and oxygen atoms in total. The Bertz CT molecular complexity index is 285. The molecule has 0 radical (unpaired) electrons. The number of unbranched alkanes of at least 4 members (excludes halogenated alkanes) is 1. The molecule has 1 saturated carbocycles. The maximum Gasteiger partial charge on any atom is 0.222 e. The number of hydrogen-bond donors (Lipinski definition) is 0. The standard InChI is InChI=1S/C16H29NO3/c1-2-16(18)17(14-8-4-3-5-9-14)10-6-7-11-19-12-15-13-20-15/h14-15H,2-13H2,1H3. The molecule has 0 aromatic heterocycles. The molecule has 2 aliphatic rings. The first-order valence-electron chi connectivity index (χ1n) is 8.30. The molecule has 1 aliphatic carbocycles. The highest BCUT2D eigenvalue weighted by Gasteiger charge is 2.24. The summed E-state index contributed by atoms with van der Waals surface area (Å²) < 4.78 is 10.6. The van der Waals surface area contributed by atoms with Crippen LogP contribution in [0.3, 0.4) is 0 Å². The smallest absolute Gasteiger partial charge is 0.222 e. The summed E-state index contributed by atoms with van der Waals surface area (Å²) in [4.78, 5) is 14.2. The molecule has 2 fully saturated rings. The average molecular weight is 283 g/mol. The Kier molecular flexibility index (Phi) is 6.80. The number of carbonyl (C=O) groups excluding carboxylic acids is 1. The van der Waals surface area contributed by atoms with Gasteiger partial charge in [-0.1, -0.05) is 26.2 Å². The second kappa shape index (κ2) is 8.63. The van der Waals surface area contributed by atoms with Gasteiger partial charge in [0.1, 0.15) is 6.10 Å². The molecule has 0 N–H and O–H groups in total. The summed E-state index contributed by atoms with van der Waals surface area (Å²) in [6, 6.07) is 0.497. The van der Waals surface area contributed by atoms with Crippen LogP contribution in [0, 0.1) is 0 Å². The summed E-state index contributed by atoms with van der Waals surface area (Å²) in [7, 11) is 0. The predicted octanol–water partition coefficient (Wildman–Crippen LogP) is 2.75. The van der Waals surface area contributed by atoms with Crippen molar-refractivity contribution in [3.63, 3.8) is 0 Å². The van der Waals surface area contributed by atoms with Crippen LogP contribution in [-0.4, -0.2) is 49.3 Å². The highest BCUT2D eigenvalue weighted by molar-refractivity contribution is 5.76. The largest absolute Gasteiger partial charge is 0.379 e. The Morgan fingerprint density at radius 3 is 2.65 bits per heavy atom. The molecule has 20 heavy (non-hydrogen) atoms. The van der Waals surface area contributed by atoms with E-state index in [4.69, 9.17) is 9.47 Å². The maximum atomic E-state index is 12.1. The lowest BCUT2D eigenvalue weighted by atomic mass is 9.93. The van der Waals surface area contributed by atoms with Crippen molar-refractivity contribution in [1.82, 2.24) is 4.90 Å². The van der Waals surface area contributed by atoms with Gasteiger partial charge < -0.3 is 14.4 Å². The summed E-state index contributed by atoms with van der Waals surface area (Å²) in [5, 5.41) is 0. The van der Waals surface area contributed by atoms with Crippen LogP contribution in [0.2, 0.25) is 0 Å². The number of amides is 1. The van der Waals surface area contributed by atoms with Gasteiger partial charge in [0, 0.05) is 25.6 Å². The van der Waals surface area contributed by atoms with Crippen molar-refractivity contribution in [3.8, 4) is 0 Å². The van der Waals surface area contributed by atoms with E-state index >= 15 is 0 Å². The molecular weight excluding hydrogens is 254 g/mol. The zero-order valence-electron chi connectivity index (χ0n) is 12.8. The minimum Gasteiger partial charge on any atom is -0.379 e. The van der Waals surface area contributed by atoms with Gasteiger partial charge >= 0.3 is 0 Å². The lowest BCUT2D eigenvalue weighted by Crippen LogP contribution is -2.41. The number of nitrogens with zero attached hydrogens (tertiary/aromatic N) is 1. The number of hydrogen-bond acceptors (Lipinski definition) is 3. The van der Waals surface area contributed by atoms with Gasteiger partial charge in [-0.2, -0.15) is 0 Å². The minimum absolute atomic E-state index is 0.323. The second-order valence-electron chi connectivity index (χ2n) is 5.97. The Balaban J connectivity index is 1.62. The molecule has 2 rings (SSSR count). The number of ether oxygens (including phenoxy) is 2. The molecule has 1 heterocycles. The Morgan fingerprint density at radius 1 is 1.25 bits per heavy atom. The fourth-order valence-corrected chi connectivity index (χ4v) is 2.97. The third-order valence-electron chi connectivity index (χ3n) is 4.28. The van der Waals surface area contributed by atoms with Crippen LogP contribution in [0.25, 0.3) is 0 Å². The normalized spacial score (nSPS) is 22.8. The fourth-order valence-electron chi connectivity index (χ4n) is 2.97. The summed E-state index contributed by atoms with van der Waals surface area (Å²) in [6.45, 7) is 5.26. The van der Waals surface area contributed by atoms with E-state index in [1.54, 1.807) is 0 Å². The third kappa shape index (κ3) is 5.41. The van der Waals surface area contributed by atoms with Crippen molar-refractivity contribution in [1.29, 1.82) is 0 Å². The molecule has 1 aliphatic heterocycles. The predicted molar refractivity (Wildman–Crippen MR) is 78.7 cm³/mol. The monoisotopic (exact) mass is 283 g/mol. The van der Waals surface area contributed by atoms with Gasteiger partial charge in [-0.15, -0.1) is 0 Å². The fraction of sp³-hybridized carbons (Fsp3) is 0.938. The molecule has 1 saturated heterocycles. The van der Waals surface area contributed by atoms with Gasteiger partial charge in [-0.25, -0.2) is 0 Å². The maximum absolute atomic E-state index is 12.1. The number of rotatable bonds is 9. The Hall–Kier alpha value is -0.610. The minimum atomic E-state index is 0.323. The van der Waals surface area contributed by atoms with Crippen LogP contribution in [0.15, 0.2) is 0 Å². The van der Waals surface area contributed by atoms with E-state index < -0.39 is 0 Å². The van der Waals surface area contributed by atoms with E-state index in [9.17, 15) is 4.79 Å². The summed E-state index contributed by atoms with van der Waals surface area (Å²) in [6.07, 6.45) is 9.36. The van der Waals surface area contributed by atoms with Crippen molar-refractivity contribution in [2.45, 2.75) is 70.4 Å². The zero-order chi connectivity index (χ0) is 14.2. The average Bonchev–Trinajstić information content (AvgIpc) is 3.31. The van der Waals surface area contributed by atoms with Gasteiger partial charge in [0.2, 0.25) is 5.91 Å². The SMILES string of the molecule is CCC(=O)N(CCCCOCC1CO1)C1CCCCC1. The van der Waals surface area contributed by atoms with Crippen molar-refractivity contribution in [3.05, 3.63) is 0 Å². The van der Waals surface area contributed by atoms with Gasteiger partial charge in [0.25, 0.3) is 0 Å². The van der Waals surface area contributed by atoms with Crippen LogP contribution in [0.1, 0.15) is 58.3 Å². The van der Waals surface area contributed by atoms with Gasteiger partial charge in [0.15, 0.2) is 0 Å². The van der Waals surface area contributed by atoms with Gasteiger partial charge in [0.05, 0.1) is 13.2 Å². The summed E-state index contributed by atoms with van der Waals surface area (Å²) in [5.74, 6) is 0.323. The van der Waals surface area contributed by atoms with E-state index in [0.29, 0.717) is 24.5 Å². The first-order chi connectivity index (χ1) is 9.81. The lowest BCUT2D eigenvalue weighted by Gasteiger charge is -2.34. The van der Waals surface area contributed by atoms with Crippen molar-refractivity contribution >= 4 is 5.91 Å². The molecule has 1 atom stereocenters. The van der Waals surface area contributed by atoms with Crippen molar-refractivity contribution in [2.75, 3.05) is 26.4 Å². The van der Waals surface area contributed by atoms with Crippen molar-refractivity contribution in [2.24, 2.45) is 0 Å². The number of carbonyl (C=O) groups is 1. The van der Waals surface area contributed by atoms with Crippen molar-refractivity contribution < 1.29 is 14.3 Å². The molecule has 1 amide bonds. The first-order valence-corrected chi connectivity index (χ1v) is 8.30. The lowest BCUT2D eigenvalue weighted by molar-refractivity contribution is -0.134. The molecule has 4 heteroatoms. The topological polar surface area (TPSA) is 42.1 Å². The highest BCUT2D eigenvalue weighted by atomic mass is 16.6. The van der Waals surface area contributed by atoms with E-state index in [1.807, 2.05) is 6.92 Å². The van der Waals surface area contributed by atoms with Crippen LogP contribution >= 0.6 is 0 Å². The molecule has 1 unspecified atom stereocenters. The second-order valence-corrected chi connectivity index (χ2v) is 5.97. The molecule has 116 valence electrons. The molecule has 0 aromatic carbocycles. The summed E-state index contributed by atoms with van der Waals surface area (Å²) in [5.41, 5.74) is 0. The van der Waals surface area contributed by atoms with E-state index in [0.717, 1.165) is 39.2 Å². The molecule has 0 bridgehead atoms. The first kappa shape index (κ1) is 15.8. The highest BCUT2D eigenvalue weighted by Crippen LogP contribution is 2.23. The molecule has 0 aromatic rings. The molecular formula is C16H29NO3. The van der Waals surface area contributed by atoms with E-state index in [2.05, 4.69) is 4.90 Å². The van der Waals surface area contributed by atoms with E-state index in [-0.39, 0.29) is 0 Å². The third-order valence-corrected chi connectivity index (χ3v) is 4.28. The van der Waals surface area contributed by atoms with Crippen LogP contribution in [0.5, 0.6) is 0 Å². The number of epoxide rings is 1. The van der Waals surface area contributed by atoms with E-state index in [1.165, 1.54) is 32.1 Å². The van der Waals surface area contributed by atoms with Crippen LogP contribution in [0.4, 0.5) is 0 Å².